The maximum Gasteiger partial charge on any atom is 0.251 e. The van der Waals surface area contributed by atoms with E-state index < -0.39 is 0 Å². The van der Waals surface area contributed by atoms with Crippen molar-refractivity contribution >= 4 is 16.9 Å². The van der Waals surface area contributed by atoms with Crippen molar-refractivity contribution in [3.63, 3.8) is 0 Å². The number of nitrogens with zero attached hydrogens (tertiary/aromatic N) is 2. The van der Waals surface area contributed by atoms with E-state index >= 15 is 0 Å². The van der Waals surface area contributed by atoms with E-state index in [1.54, 1.807) is 0 Å². The zero-order chi connectivity index (χ0) is 20.9. The Morgan fingerprint density at radius 1 is 0.933 bits per heavy atom. The molecule has 3 aromatic carbocycles. The highest BCUT2D eigenvalue weighted by Gasteiger charge is 2.13. The molecule has 4 aromatic rings. The summed E-state index contributed by atoms with van der Waals surface area (Å²) in [6, 6.07) is 26.7. The van der Waals surface area contributed by atoms with Gasteiger partial charge in [0.1, 0.15) is 5.82 Å². The van der Waals surface area contributed by atoms with Gasteiger partial charge in [-0.1, -0.05) is 61.5 Å². The van der Waals surface area contributed by atoms with Gasteiger partial charge in [0.15, 0.2) is 0 Å². The van der Waals surface area contributed by atoms with E-state index in [4.69, 9.17) is 4.98 Å². The molecule has 1 aromatic heterocycles. The van der Waals surface area contributed by atoms with Gasteiger partial charge in [0.05, 0.1) is 11.0 Å². The molecule has 0 radical (unpaired) electrons. The van der Waals surface area contributed by atoms with Crippen molar-refractivity contribution in [2.45, 2.75) is 39.3 Å². The van der Waals surface area contributed by atoms with Crippen molar-refractivity contribution in [1.82, 2.24) is 14.9 Å². The van der Waals surface area contributed by atoms with Crippen LogP contribution in [0.4, 0.5) is 0 Å². The lowest BCUT2D eigenvalue weighted by Crippen LogP contribution is -2.31. The lowest BCUT2D eigenvalue weighted by atomic mass is 10.1. The molecule has 0 saturated heterocycles. The van der Waals surface area contributed by atoms with E-state index in [9.17, 15) is 4.79 Å². The van der Waals surface area contributed by atoms with Gasteiger partial charge < -0.3 is 9.88 Å². The minimum absolute atomic E-state index is 0.0197. The second-order valence-corrected chi connectivity index (χ2v) is 7.74. The Morgan fingerprint density at radius 3 is 2.37 bits per heavy atom. The Balaban J connectivity index is 1.60. The van der Waals surface area contributed by atoms with Crippen molar-refractivity contribution in [2.75, 3.05) is 0 Å². The molecule has 0 fully saturated rings. The maximum atomic E-state index is 12.3. The summed E-state index contributed by atoms with van der Waals surface area (Å²) in [5.74, 6) is 1.02. The number of aromatic nitrogens is 2. The number of imidazole rings is 1. The minimum atomic E-state index is -0.0197. The van der Waals surface area contributed by atoms with Crippen molar-refractivity contribution in [1.29, 1.82) is 0 Å². The number of para-hydroxylation sites is 2. The fraction of sp³-hybridized carbons (Fsp3) is 0.231. The van der Waals surface area contributed by atoms with Gasteiger partial charge in [-0.25, -0.2) is 4.98 Å². The van der Waals surface area contributed by atoms with E-state index in [0.29, 0.717) is 5.56 Å². The maximum absolute atomic E-state index is 12.3. The van der Waals surface area contributed by atoms with Crippen LogP contribution in [0.3, 0.4) is 0 Å². The van der Waals surface area contributed by atoms with Crippen molar-refractivity contribution in [2.24, 2.45) is 0 Å². The first kappa shape index (κ1) is 19.9. The molecule has 152 valence electrons. The van der Waals surface area contributed by atoms with Gasteiger partial charge >= 0.3 is 0 Å². The molecule has 0 aliphatic heterocycles. The molecular formula is C26H27N3O. The van der Waals surface area contributed by atoms with Crippen LogP contribution in [0.5, 0.6) is 0 Å². The van der Waals surface area contributed by atoms with Crippen LogP contribution < -0.4 is 5.32 Å². The minimum Gasteiger partial charge on any atom is -0.350 e. The van der Waals surface area contributed by atoms with Gasteiger partial charge in [0, 0.05) is 24.6 Å². The average molecular weight is 398 g/mol. The second kappa shape index (κ2) is 8.95. The summed E-state index contributed by atoms with van der Waals surface area (Å²) in [5.41, 5.74) is 5.22. The molecule has 30 heavy (non-hydrogen) atoms. The molecule has 4 rings (SSSR count). The number of carbonyl (C=O) groups excluding carboxylic acids is 1. The quantitative estimate of drug-likeness (QED) is 0.466. The van der Waals surface area contributed by atoms with Crippen LogP contribution in [0.2, 0.25) is 0 Å². The summed E-state index contributed by atoms with van der Waals surface area (Å²) in [6.45, 7) is 4.80. The molecule has 1 atom stereocenters. The van der Waals surface area contributed by atoms with E-state index in [1.165, 1.54) is 5.56 Å². The Hall–Kier alpha value is -3.40. The van der Waals surface area contributed by atoms with Crippen LogP contribution in [-0.2, 0) is 13.0 Å². The summed E-state index contributed by atoms with van der Waals surface area (Å²) >= 11 is 0. The first-order valence-electron chi connectivity index (χ1n) is 10.5. The molecule has 0 aliphatic rings. The molecule has 4 nitrogen and oxygen atoms in total. The molecule has 0 bridgehead atoms. The fourth-order valence-electron chi connectivity index (χ4n) is 3.57. The van der Waals surface area contributed by atoms with Gasteiger partial charge in [-0.15, -0.1) is 0 Å². The number of nitrogens with one attached hydrogen (secondary N) is 1. The molecule has 4 heteroatoms. The van der Waals surface area contributed by atoms with Crippen molar-refractivity contribution < 1.29 is 4.79 Å². The molecule has 0 aliphatic carbocycles. The monoisotopic (exact) mass is 397 g/mol. The van der Waals surface area contributed by atoms with Crippen LogP contribution in [0.1, 0.15) is 47.6 Å². The highest BCUT2D eigenvalue weighted by Crippen LogP contribution is 2.20. The molecule has 1 N–H and O–H groups in total. The van der Waals surface area contributed by atoms with Crippen LogP contribution in [0.15, 0.2) is 78.9 Å². The largest absolute Gasteiger partial charge is 0.350 e. The van der Waals surface area contributed by atoms with Gasteiger partial charge in [-0.05, 0) is 48.7 Å². The van der Waals surface area contributed by atoms with Crippen LogP contribution in [-0.4, -0.2) is 21.5 Å². The third-order valence-electron chi connectivity index (χ3n) is 5.49. The Kier molecular flexibility index (Phi) is 5.94. The molecule has 0 saturated carbocycles. The SMILES string of the molecule is CC[C@H](C)NC(=O)c1ccc(Cn2c(Cc3ccccc3)nc3ccccc32)cc1. The summed E-state index contributed by atoms with van der Waals surface area (Å²) < 4.78 is 2.27. The number of amides is 1. The molecule has 0 spiro atoms. The summed E-state index contributed by atoms with van der Waals surface area (Å²) in [5, 5.41) is 3.02. The molecule has 0 unspecified atom stereocenters. The predicted molar refractivity (Wildman–Crippen MR) is 122 cm³/mol. The number of hydrogen-bond donors (Lipinski definition) is 1. The van der Waals surface area contributed by atoms with Crippen molar-refractivity contribution in [3.05, 3.63) is 101 Å². The van der Waals surface area contributed by atoms with Gasteiger partial charge in [-0.2, -0.15) is 0 Å². The van der Waals surface area contributed by atoms with E-state index in [-0.39, 0.29) is 11.9 Å². The van der Waals surface area contributed by atoms with Crippen LogP contribution >= 0.6 is 0 Å². The highest BCUT2D eigenvalue weighted by atomic mass is 16.1. The smallest absolute Gasteiger partial charge is 0.251 e. The van der Waals surface area contributed by atoms with E-state index in [1.807, 2.05) is 43.3 Å². The summed E-state index contributed by atoms with van der Waals surface area (Å²) in [6.07, 6.45) is 1.70. The third-order valence-corrected chi connectivity index (χ3v) is 5.49. The van der Waals surface area contributed by atoms with Crippen LogP contribution in [0.25, 0.3) is 11.0 Å². The number of benzene rings is 3. The molecule has 1 amide bonds. The first-order valence-corrected chi connectivity index (χ1v) is 10.5. The zero-order valence-electron chi connectivity index (χ0n) is 17.5. The Bertz CT molecular complexity index is 1130. The Labute approximate surface area is 177 Å². The summed E-state index contributed by atoms with van der Waals surface area (Å²) in [7, 11) is 0. The lowest BCUT2D eigenvalue weighted by molar-refractivity contribution is 0.0939. The summed E-state index contributed by atoms with van der Waals surface area (Å²) in [4.78, 5) is 17.2. The van der Waals surface area contributed by atoms with Gasteiger partial charge in [0.2, 0.25) is 0 Å². The normalized spacial score (nSPS) is 12.1. The fourth-order valence-corrected chi connectivity index (χ4v) is 3.57. The lowest BCUT2D eigenvalue weighted by Gasteiger charge is -2.13. The first-order chi connectivity index (χ1) is 14.6. The Morgan fingerprint density at radius 2 is 1.63 bits per heavy atom. The standard InChI is InChI=1S/C26H27N3O/c1-3-19(2)27-26(30)22-15-13-21(14-16-22)18-29-24-12-8-7-11-23(24)28-25(29)17-20-9-5-4-6-10-20/h4-16,19H,3,17-18H2,1-2H3,(H,27,30)/t19-/m0/s1. The third kappa shape index (κ3) is 4.43. The number of rotatable bonds is 7. The topological polar surface area (TPSA) is 46.9 Å². The average Bonchev–Trinajstić information content (AvgIpc) is 3.11. The number of carbonyl (C=O) groups is 1. The number of hydrogen-bond acceptors (Lipinski definition) is 2. The second-order valence-electron chi connectivity index (χ2n) is 7.74. The molecular weight excluding hydrogens is 370 g/mol. The van der Waals surface area contributed by atoms with Gasteiger partial charge in [0.25, 0.3) is 5.91 Å². The predicted octanol–water partition coefficient (Wildman–Crippen LogP) is 5.20. The van der Waals surface area contributed by atoms with E-state index in [0.717, 1.165) is 41.8 Å². The number of fused-ring (bicyclic) bond motifs is 1. The van der Waals surface area contributed by atoms with Crippen LogP contribution in [0, 0.1) is 0 Å². The molecule has 1 heterocycles. The zero-order valence-corrected chi connectivity index (χ0v) is 17.5. The van der Waals surface area contributed by atoms with Crippen molar-refractivity contribution in [3.8, 4) is 0 Å². The highest BCUT2D eigenvalue weighted by molar-refractivity contribution is 5.94. The van der Waals surface area contributed by atoms with Gasteiger partial charge in [-0.3, -0.25) is 4.79 Å². The van der Waals surface area contributed by atoms with E-state index in [2.05, 4.69) is 59.3 Å².